The molecule has 0 spiro atoms. The van der Waals surface area contributed by atoms with E-state index in [2.05, 4.69) is 5.32 Å². The smallest absolute Gasteiger partial charge is 0.255 e. The minimum Gasteiger partial charge on any atom is -0.341 e. The molecule has 11 heteroatoms. The average Bonchev–Trinajstić information content (AvgIpc) is 3.29. The van der Waals surface area contributed by atoms with Crippen LogP contribution in [0.5, 0.6) is 0 Å². The van der Waals surface area contributed by atoms with Crippen molar-refractivity contribution in [3.8, 4) is 0 Å². The molecule has 2 saturated carbocycles. The van der Waals surface area contributed by atoms with Gasteiger partial charge in [0.2, 0.25) is 11.8 Å². The second kappa shape index (κ2) is 9.29. The molecule has 4 rings (SSSR count). The first kappa shape index (κ1) is 25.8. The van der Waals surface area contributed by atoms with Crippen molar-refractivity contribution in [3.05, 3.63) is 62.6 Å². The number of nitrogens with zero attached hydrogens (tertiary/aromatic N) is 1. The van der Waals surface area contributed by atoms with E-state index in [4.69, 9.17) is 58.0 Å². The van der Waals surface area contributed by atoms with Crippen LogP contribution in [-0.4, -0.2) is 40.6 Å². The van der Waals surface area contributed by atoms with Crippen LogP contribution >= 0.6 is 58.0 Å². The van der Waals surface area contributed by atoms with Crippen molar-refractivity contribution >= 4 is 75.5 Å². The van der Waals surface area contributed by atoms with Gasteiger partial charge in [-0.3, -0.25) is 9.59 Å². The van der Waals surface area contributed by atoms with Crippen LogP contribution in [0, 0.1) is 11.8 Å². The van der Waals surface area contributed by atoms with Gasteiger partial charge >= 0.3 is 0 Å². The summed E-state index contributed by atoms with van der Waals surface area (Å²) < 4.78 is 24.9. The van der Waals surface area contributed by atoms with Gasteiger partial charge in [-0.1, -0.05) is 34.8 Å². The topological polar surface area (TPSA) is 49.4 Å². The SMILES string of the molecule is CN(CC1CC(F)(F)C1)C(=O)c1cc(NC(=O)[C@@H]2[C@@H](c3cc(Cl)cc(Cl)c3)C2(Cl)Cl)ccc1Cl. The van der Waals surface area contributed by atoms with Gasteiger partial charge in [0.15, 0.2) is 0 Å². The summed E-state index contributed by atoms with van der Waals surface area (Å²) in [6, 6.07) is 9.32. The van der Waals surface area contributed by atoms with E-state index in [1.807, 2.05) is 0 Å². The molecule has 2 fully saturated rings. The third kappa shape index (κ3) is 5.26. The van der Waals surface area contributed by atoms with Crippen LogP contribution in [0.15, 0.2) is 36.4 Å². The highest BCUT2D eigenvalue weighted by Crippen LogP contribution is 2.65. The lowest BCUT2D eigenvalue weighted by Crippen LogP contribution is -2.43. The van der Waals surface area contributed by atoms with E-state index in [-0.39, 0.29) is 35.9 Å². The third-order valence-electron chi connectivity index (χ3n) is 6.10. The molecular weight excluding hydrogens is 552 g/mol. The predicted molar refractivity (Wildman–Crippen MR) is 132 cm³/mol. The van der Waals surface area contributed by atoms with Gasteiger partial charge in [0.25, 0.3) is 5.91 Å². The van der Waals surface area contributed by atoms with E-state index in [1.165, 1.54) is 24.1 Å². The first-order valence-electron chi connectivity index (χ1n) is 10.4. The summed E-state index contributed by atoms with van der Waals surface area (Å²) >= 11 is 31.1. The Morgan fingerprint density at radius 3 is 2.26 bits per heavy atom. The number of anilines is 1. The summed E-state index contributed by atoms with van der Waals surface area (Å²) in [6.07, 6.45) is -0.485. The van der Waals surface area contributed by atoms with Gasteiger partial charge in [0, 0.05) is 48.1 Å². The van der Waals surface area contributed by atoms with Gasteiger partial charge in [-0.15, -0.1) is 23.2 Å². The Bertz CT molecular complexity index is 1130. The Morgan fingerprint density at radius 2 is 1.68 bits per heavy atom. The van der Waals surface area contributed by atoms with Crippen LogP contribution < -0.4 is 5.32 Å². The average molecular weight is 571 g/mol. The van der Waals surface area contributed by atoms with E-state index in [9.17, 15) is 18.4 Å². The molecule has 2 aliphatic rings. The zero-order valence-electron chi connectivity index (χ0n) is 17.7. The van der Waals surface area contributed by atoms with E-state index < -0.39 is 33.9 Å². The molecule has 0 aliphatic heterocycles. The van der Waals surface area contributed by atoms with Crippen molar-refractivity contribution in [2.45, 2.75) is 29.0 Å². The number of hydrogen-bond acceptors (Lipinski definition) is 2. The van der Waals surface area contributed by atoms with E-state index in [0.29, 0.717) is 21.3 Å². The van der Waals surface area contributed by atoms with Crippen LogP contribution in [0.2, 0.25) is 15.1 Å². The van der Waals surface area contributed by atoms with E-state index in [1.54, 1.807) is 24.3 Å². The highest BCUT2D eigenvalue weighted by molar-refractivity contribution is 6.53. The number of hydrogen-bond donors (Lipinski definition) is 1. The number of carbonyl (C=O) groups excluding carboxylic acids is 2. The summed E-state index contributed by atoms with van der Waals surface area (Å²) in [7, 11) is 1.53. The third-order valence-corrected chi connectivity index (χ3v) is 7.80. The molecule has 2 aromatic rings. The fourth-order valence-corrected chi connectivity index (χ4v) is 5.97. The number of rotatable bonds is 6. The fourth-order valence-electron chi connectivity index (χ4n) is 4.40. The fraction of sp³-hybridized carbons (Fsp3) is 0.391. The zero-order chi connectivity index (χ0) is 25.0. The molecule has 34 heavy (non-hydrogen) atoms. The summed E-state index contributed by atoms with van der Waals surface area (Å²) in [5.74, 6) is -5.10. The normalized spacial score (nSPS) is 22.6. The van der Waals surface area contributed by atoms with Crippen LogP contribution in [0.4, 0.5) is 14.5 Å². The maximum atomic E-state index is 13.1. The number of benzene rings is 2. The Balaban J connectivity index is 1.45. The van der Waals surface area contributed by atoms with E-state index in [0.717, 1.165) is 0 Å². The zero-order valence-corrected chi connectivity index (χ0v) is 21.5. The number of amides is 2. The number of halogens is 7. The predicted octanol–water partition coefficient (Wildman–Crippen LogP) is 7.29. The van der Waals surface area contributed by atoms with Crippen LogP contribution in [-0.2, 0) is 4.79 Å². The van der Waals surface area contributed by atoms with Crippen molar-refractivity contribution in [1.82, 2.24) is 4.90 Å². The van der Waals surface area contributed by atoms with Crippen molar-refractivity contribution in [3.63, 3.8) is 0 Å². The molecule has 182 valence electrons. The summed E-state index contributed by atoms with van der Waals surface area (Å²) in [6.45, 7) is 0.189. The molecule has 0 unspecified atom stereocenters. The molecule has 1 N–H and O–H groups in total. The van der Waals surface area contributed by atoms with Gasteiger partial charge in [-0.25, -0.2) is 8.78 Å². The molecule has 0 radical (unpaired) electrons. The van der Waals surface area contributed by atoms with Gasteiger partial charge < -0.3 is 10.2 Å². The van der Waals surface area contributed by atoms with Gasteiger partial charge in [0.1, 0.15) is 4.33 Å². The first-order valence-corrected chi connectivity index (χ1v) is 12.2. The number of alkyl halides is 4. The molecular formula is C23H19Cl5F2N2O2. The monoisotopic (exact) mass is 568 g/mol. The van der Waals surface area contributed by atoms with Crippen molar-refractivity contribution in [2.75, 3.05) is 18.9 Å². The van der Waals surface area contributed by atoms with Crippen molar-refractivity contribution < 1.29 is 18.4 Å². The maximum Gasteiger partial charge on any atom is 0.255 e. The van der Waals surface area contributed by atoms with Gasteiger partial charge in [-0.2, -0.15) is 0 Å². The van der Waals surface area contributed by atoms with Crippen molar-refractivity contribution in [1.29, 1.82) is 0 Å². The van der Waals surface area contributed by atoms with Crippen LogP contribution in [0.25, 0.3) is 0 Å². The van der Waals surface area contributed by atoms with Crippen molar-refractivity contribution in [2.24, 2.45) is 11.8 Å². The molecule has 0 saturated heterocycles. The minimum atomic E-state index is -2.66. The molecule has 2 atom stereocenters. The lowest BCUT2D eigenvalue weighted by Gasteiger charge is -2.37. The lowest BCUT2D eigenvalue weighted by atomic mass is 9.81. The summed E-state index contributed by atoms with van der Waals surface area (Å²) in [5, 5.41) is 3.69. The molecule has 0 bridgehead atoms. The second-order valence-corrected chi connectivity index (χ2v) is 11.6. The molecule has 2 aromatic carbocycles. The second-order valence-electron chi connectivity index (χ2n) is 8.83. The van der Waals surface area contributed by atoms with Crippen LogP contribution in [0.1, 0.15) is 34.7 Å². The number of nitrogens with one attached hydrogen (secondary N) is 1. The standard InChI is InChI=1S/C23H19Cl5F2N2O2/c1-32(10-11-8-22(29,30)9-11)21(34)16-7-15(2-3-17(16)26)31-20(33)19-18(23(19,27)28)12-4-13(24)6-14(25)5-12/h2-7,11,18-19H,8-10H2,1H3,(H,31,33)/t18-,19+/m1/s1. The Kier molecular flexibility index (Phi) is 7.04. The van der Waals surface area contributed by atoms with Gasteiger partial charge in [0.05, 0.1) is 16.5 Å². The summed E-state index contributed by atoms with van der Waals surface area (Å²) in [5.41, 5.74) is 1.10. The highest BCUT2D eigenvalue weighted by atomic mass is 35.5. The Morgan fingerprint density at radius 1 is 1.06 bits per heavy atom. The first-order chi connectivity index (χ1) is 15.8. The highest BCUT2D eigenvalue weighted by Gasteiger charge is 2.67. The molecule has 4 nitrogen and oxygen atoms in total. The molecule has 2 amide bonds. The van der Waals surface area contributed by atoms with Gasteiger partial charge in [-0.05, 0) is 47.9 Å². The Labute approximate surface area is 220 Å². The largest absolute Gasteiger partial charge is 0.341 e. The molecule has 0 heterocycles. The quantitative estimate of drug-likeness (QED) is 0.371. The Hall–Kier alpha value is -1.31. The number of carbonyl (C=O) groups is 2. The van der Waals surface area contributed by atoms with E-state index >= 15 is 0 Å². The lowest BCUT2D eigenvalue weighted by molar-refractivity contribution is -0.117. The van der Waals surface area contributed by atoms with Crippen LogP contribution in [0.3, 0.4) is 0 Å². The maximum absolute atomic E-state index is 13.1. The molecule has 0 aromatic heterocycles. The molecule has 2 aliphatic carbocycles. The summed E-state index contributed by atoms with van der Waals surface area (Å²) in [4.78, 5) is 27.2. The minimum absolute atomic E-state index is 0.144.